The normalized spacial score (nSPS) is 14.3. The fourth-order valence-electron chi connectivity index (χ4n) is 2.09. The summed E-state index contributed by atoms with van der Waals surface area (Å²) < 4.78 is 5.26. The number of aliphatic imine (C=N–C) groups is 1. The zero-order valence-corrected chi connectivity index (χ0v) is 13.6. The predicted molar refractivity (Wildman–Crippen MR) is 90.2 cm³/mol. The van der Waals surface area contributed by atoms with E-state index in [0.717, 1.165) is 18.7 Å². The van der Waals surface area contributed by atoms with Crippen LogP contribution in [0.25, 0.3) is 0 Å². The molecule has 23 heavy (non-hydrogen) atoms. The van der Waals surface area contributed by atoms with Crippen LogP contribution in [0.3, 0.4) is 0 Å². The van der Waals surface area contributed by atoms with E-state index in [0.29, 0.717) is 18.3 Å². The average molecular weight is 316 g/mol. The highest BCUT2D eigenvalue weighted by Gasteiger charge is 2.25. The number of rotatable bonds is 7. The minimum Gasteiger partial charge on any atom is -0.466 e. The van der Waals surface area contributed by atoms with E-state index in [1.165, 1.54) is 0 Å². The monoisotopic (exact) mass is 316 g/mol. The van der Waals surface area contributed by atoms with Gasteiger partial charge in [0.1, 0.15) is 11.4 Å². The Kier molecular flexibility index (Phi) is 6.17. The van der Waals surface area contributed by atoms with Crippen molar-refractivity contribution in [3.8, 4) is 0 Å². The molecule has 124 valence electrons. The van der Waals surface area contributed by atoms with Crippen LogP contribution in [0.2, 0.25) is 0 Å². The Morgan fingerprint density at radius 3 is 2.83 bits per heavy atom. The topological polar surface area (TPSA) is 82.7 Å². The van der Waals surface area contributed by atoms with Gasteiger partial charge in [0.05, 0.1) is 12.8 Å². The van der Waals surface area contributed by atoms with Gasteiger partial charge in [0.25, 0.3) is 0 Å². The third kappa shape index (κ3) is 5.41. The molecule has 6 nitrogen and oxygen atoms in total. The second kappa shape index (κ2) is 8.33. The van der Waals surface area contributed by atoms with Gasteiger partial charge in [-0.2, -0.15) is 0 Å². The number of pyridine rings is 1. The van der Waals surface area contributed by atoms with Crippen LogP contribution in [0.5, 0.6) is 0 Å². The lowest BCUT2D eigenvalue weighted by atomic mass is 10.0. The lowest BCUT2D eigenvalue weighted by Gasteiger charge is -2.19. The summed E-state index contributed by atoms with van der Waals surface area (Å²) >= 11 is 0. The van der Waals surface area contributed by atoms with Crippen LogP contribution in [0.1, 0.15) is 25.3 Å². The minimum absolute atomic E-state index is 0.208. The number of nitrogens with one attached hydrogen (secondary N) is 2. The molecule has 2 aromatic rings. The molecule has 0 aliphatic heterocycles. The molecule has 0 aromatic carbocycles. The molecule has 0 radical (unpaired) electrons. The van der Waals surface area contributed by atoms with Crippen molar-refractivity contribution >= 4 is 5.96 Å². The molecule has 6 heteroatoms. The Hall–Kier alpha value is -2.34. The van der Waals surface area contributed by atoms with Crippen LogP contribution < -0.4 is 10.6 Å². The van der Waals surface area contributed by atoms with Crippen molar-refractivity contribution in [1.29, 1.82) is 0 Å². The molecule has 0 saturated carbocycles. The van der Waals surface area contributed by atoms with Gasteiger partial charge in [-0.1, -0.05) is 6.07 Å². The van der Waals surface area contributed by atoms with Crippen molar-refractivity contribution in [1.82, 2.24) is 15.6 Å². The molecule has 0 aliphatic carbocycles. The van der Waals surface area contributed by atoms with Gasteiger partial charge in [0, 0.05) is 31.4 Å². The van der Waals surface area contributed by atoms with Crippen molar-refractivity contribution in [2.45, 2.75) is 25.9 Å². The van der Waals surface area contributed by atoms with Crippen molar-refractivity contribution in [2.24, 2.45) is 4.99 Å². The molecule has 0 aliphatic rings. The summed E-state index contributed by atoms with van der Waals surface area (Å²) in [5.74, 6) is 1.17. The van der Waals surface area contributed by atoms with Crippen LogP contribution in [-0.2, 0) is 12.0 Å². The van der Waals surface area contributed by atoms with Gasteiger partial charge < -0.3 is 20.2 Å². The van der Waals surface area contributed by atoms with Crippen molar-refractivity contribution < 1.29 is 9.52 Å². The van der Waals surface area contributed by atoms with E-state index in [1.807, 2.05) is 25.1 Å². The Labute approximate surface area is 136 Å². The van der Waals surface area contributed by atoms with Crippen LogP contribution in [0, 0.1) is 0 Å². The summed E-state index contributed by atoms with van der Waals surface area (Å²) in [6.45, 7) is 5.36. The van der Waals surface area contributed by atoms with Gasteiger partial charge in [0.2, 0.25) is 0 Å². The Morgan fingerprint density at radius 1 is 1.30 bits per heavy atom. The number of aliphatic hydroxyl groups is 1. The van der Waals surface area contributed by atoms with Crippen LogP contribution in [0.15, 0.2) is 52.2 Å². The van der Waals surface area contributed by atoms with Gasteiger partial charge in [-0.3, -0.25) is 4.98 Å². The first-order valence-corrected chi connectivity index (χ1v) is 7.80. The third-order valence-electron chi connectivity index (χ3n) is 3.34. The van der Waals surface area contributed by atoms with Crippen LogP contribution in [0.4, 0.5) is 0 Å². The Bertz CT molecular complexity index is 594. The second-order valence-corrected chi connectivity index (χ2v) is 5.44. The second-order valence-electron chi connectivity index (χ2n) is 5.44. The predicted octanol–water partition coefficient (Wildman–Crippen LogP) is 1.68. The molecule has 1 atom stereocenters. The molecule has 1 unspecified atom stereocenters. The van der Waals surface area contributed by atoms with Crippen LogP contribution in [-0.4, -0.2) is 35.7 Å². The molecule has 0 fully saturated rings. The maximum atomic E-state index is 10.4. The fourth-order valence-corrected chi connectivity index (χ4v) is 2.09. The highest BCUT2D eigenvalue weighted by atomic mass is 16.4. The zero-order valence-electron chi connectivity index (χ0n) is 13.6. The largest absolute Gasteiger partial charge is 0.466 e. The molecule has 2 aromatic heterocycles. The number of hydrogen-bond donors (Lipinski definition) is 3. The van der Waals surface area contributed by atoms with E-state index in [-0.39, 0.29) is 6.54 Å². The van der Waals surface area contributed by atoms with Crippen molar-refractivity contribution in [3.05, 3.63) is 54.2 Å². The van der Waals surface area contributed by atoms with Crippen LogP contribution >= 0.6 is 0 Å². The van der Waals surface area contributed by atoms with E-state index >= 15 is 0 Å². The van der Waals surface area contributed by atoms with E-state index in [9.17, 15) is 5.11 Å². The van der Waals surface area contributed by atoms with Crippen molar-refractivity contribution in [3.63, 3.8) is 0 Å². The third-order valence-corrected chi connectivity index (χ3v) is 3.34. The molecular weight excluding hydrogens is 292 g/mol. The maximum absolute atomic E-state index is 10.4. The van der Waals surface area contributed by atoms with E-state index in [2.05, 4.69) is 20.6 Å². The van der Waals surface area contributed by atoms with Gasteiger partial charge in [0.15, 0.2) is 5.96 Å². The average Bonchev–Trinajstić information content (AvgIpc) is 3.09. The molecular formula is C17H24N4O2. The molecule has 3 N–H and O–H groups in total. The number of guanidine groups is 1. The Morgan fingerprint density at radius 2 is 2.17 bits per heavy atom. The summed E-state index contributed by atoms with van der Waals surface area (Å²) in [5, 5.41) is 16.8. The molecule has 2 rings (SSSR count). The number of aromatic nitrogens is 1. The highest BCUT2D eigenvalue weighted by molar-refractivity contribution is 5.79. The van der Waals surface area contributed by atoms with E-state index in [1.54, 1.807) is 31.5 Å². The minimum atomic E-state index is -1.13. The quantitative estimate of drug-likeness (QED) is 0.535. The number of hydrogen-bond acceptors (Lipinski definition) is 4. The fraction of sp³-hybridized carbons (Fsp3) is 0.412. The van der Waals surface area contributed by atoms with E-state index < -0.39 is 5.60 Å². The first-order chi connectivity index (χ1) is 11.1. The molecule has 0 spiro atoms. The molecule has 0 saturated heterocycles. The standard InChI is InChI=1S/C17H24N4O2/c1-3-18-16(20-11-9-14-7-4-5-10-19-14)21-13-17(2,22)15-8-6-12-23-15/h4-8,10,12,22H,3,9,11,13H2,1-2H3,(H2,18,20,21). The summed E-state index contributed by atoms with van der Waals surface area (Å²) in [6.07, 6.45) is 4.14. The van der Waals surface area contributed by atoms with Crippen molar-refractivity contribution in [2.75, 3.05) is 19.6 Å². The lowest BCUT2D eigenvalue weighted by molar-refractivity contribution is 0.0437. The van der Waals surface area contributed by atoms with E-state index in [4.69, 9.17) is 4.42 Å². The van der Waals surface area contributed by atoms with Gasteiger partial charge in [-0.25, -0.2) is 4.99 Å². The number of nitrogens with zero attached hydrogens (tertiary/aromatic N) is 2. The zero-order chi connectivity index (χ0) is 16.5. The maximum Gasteiger partial charge on any atom is 0.191 e. The SMILES string of the molecule is CCNC(=NCC(C)(O)c1ccco1)NCCc1ccccn1. The molecule has 2 heterocycles. The molecule has 0 bridgehead atoms. The van der Waals surface area contributed by atoms with Gasteiger partial charge in [-0.05, 0) is 38.1 Å². The first-order valence-electron chi connectivity index (χ1n) is 7.80. The smallest absolute Gasteiger partial charge is 0.191 e. The highest BCUT2D eigenvalue weighted by Crippen LogP contribution is 2.20. The summed E-state index contributed by atoms with van der Waals surface area (Å²) in [5.41, 5.74) is -0.106. The lowest BCUT2D eigenvalue weighted by Crippen LogP contribution is -2.39. The summed E-state index contributed by atoms with van der Waals surface area (Å²) in [4.78, 5) is 8.72. The first kappa shape index (κ1) is 17.0. The van der Waals surface area contributed by atoms with Gasteiger partial charge >= 0.3 is 0 Å². The summed E-state index contributed by atoms with van der Waals surface area (Å²) in [6, 6.07) is 9.37. The van der Waals surface area contributed by atoms with Gasteiger partial charge in [-0.15, -0.1) is 0 Å². The number of furan rings is 1. The summed E-state index contributed by atoms with van der Waals surface area (Å²) in [7, 11) is 0. The Balaban J connectivity index is 1.89. The molecule has 0 amide bonds.